The predicted octanol–water partition coefficient (Wildman–Crippen LogP) is -0.255. The molecule has 0 saturated heterocycles. The first kappa shape index (κ1) is 12.4. The molecule has 74 valence electrons. The molecule has 0 atom stereocenters. The summed E-state index contributed by atoms with van der Waals surface area (Å²) in [5, 5.41) is 26.8. The first-order valence-electron chi connectivity index (χ1n) is 1.84. The summed E-state index contributed by atoms with van der Waals surface area (Å²) in [5.74, 6) is 0. The largest absolute Gasteiger partial charge is 0.349 e. The minimum absolute atomic E-state index is 0.898. The molecule has 0 amide bonds. The number of hydrogen-bond donors (Lipinski definition) is 1. The lowest BCUT2D eigenvalue weighted by molar-refractivity contribution is -0.806. The third kappa shape index (κ3) is 10.4. The van der Waals surface area contributed by atoms with E-state index in [1.807, 2.05) is 0 Å². The number of rotatable bonds is 7. The Bertz CT molecular complexity index is 180. The van der Waals surface area contributed by atoms with Crippen molar-refractivity contribution in [3.8, 4) is 0 Å². The van der Waals surface area contributed by atoms with Crippen LogP contribution in [0.4, 0.5) is 0 Å². The van der Waals surface area contributed by atoms with Gasteiger partial charge in [-0.3, -0.25) is 0 Å². The van der Waals surface area contributed by atoms with E-state index in [1.165, 1.54) is 0 Å². The molecule has 0 fully saturated rings. The van der Waals surface area contributed by atoms with Crippen LogP contribution in [0.3, 0.4) is 0 Å². The molecule has 1 N–H and O–H groups in total. The molecule has 0 radical (unpaired) electrons. The van der Waals surface area contributed by atoms with Crippen LogP contribution in [-0.2, 0) is 41.9 Å². The van der Waals surface area contributed by atoms with Gasteiger partial charge in [-0.15, -0.1) is 0 Å². The molecule has 0 aromatic carbocycles. The summed E-state index contributed by atoms with van der Waals surface area (Å²) in [7, 11) is -3.85. The smallest absolute Gasteiger partial charge is 0.219 e. The maximum atomic E-state index is 10.1. The highest BCUT2D eigenvalue weighted by Gasteiger charge is 2.06. The molecular weight excluding hydrogens is 319 g/mol. The van der Waals surface area contributed by atoms with E-state index in [1.54, 1.807) is 0 Å². The molecule has 12 heteroatoms. The van der Waals surface area contributed by atoms with Gasteiger partial charge in [0.05, 0.1) is 0 Å². The molecule has 0 saturated carbocycles. The zero-order valence-corrected chi connectivity index (χ0v) is 7.88. The van der Waals surface area contributed by atoms with Crippen LogP contribution in [0.15, 0.2) is 0 Å². The van der Waals surface area contributed by atoms with Crippen molar-refractivity contribution in [2.45, 2.75) is 0 Å². The van der Waals surface area contributed by atoms with Crippen LogP contribution in [0.25, 0.3) is 0 Å². The van der Waals surface area contributed by atoms with Gasteiger partial charge in [0, 0.05) is 0 Å². The standard InChI is InChI=1S/HIO10S/c1-12(3,4)11-10-9-8-7-6-5-2/h2H. The Morgan fingerprint density at radius 2 is 1.50 bits per heavy atom. The summed E-state index contributed by atoms with van der Waals surface area (Å²) in [5.41, 5.74) is 0. The molecule has 0 rings (SSSR count). The Morgan fingerprint density at radius 3 is 2.00 bits per heavy atom. The summed E-state index contributed by atoms with van der Waals surface area (Å²) < 4.78 is 23.7. The number of halogens is 1. The predicted molar refractivity (Wildman–Crippen MR) is 33.2 cm³/mol. The van der Waals surface area contributed by atoms with E-state index < -0.39 is 7.29 Å². The van der Waals surface area contributed by atoms with Crippen LogP contribution in [0.2, 0.25) is 0 Å². The summed E-state index contributed by atoms with van der Waals surface area (Å²) in [6.07, 6.45) is 0. The third-order valence-corrected chi connectivity index (χ3v) is 0.909. The van der Waals surface area contributed by atoms with E-state index in [4.69, 9.17) is 5.26 Å². The van der Waals surface area contributed by atoms with Crippen molar-refractivity contribution in [3.05, 3.63) is 0 Å². The molecule has 0 heterocycles. The van der Waals surface area contributed by atoms with Gasteiger partial charge in [0.15, 0.2) is 0 Å². The SMILES string of the molecule is O=S(=O)(I)OOOOOOOO. The molecule has 0 aliphatic rings. The maximum absolute atomic E-state index is 10.1. The van der Waals surface area contributed by atoms with Gasteiger partial charge in [-0.2, -0.15) is 8.42 Å². The molecule has 0 spiro atoms. The van der Waals surface area contributed by atoms with Crippen molar-refractivity contribution in [3.63, 3.8) is 0 Å². The highest BCUT2D eigenvalue weighted by molar-refractivity contribution is 14.2. The fourth-order valence-corrected chi connectivity index (χ4v) is 0.360. The van der Waals surface area contributed by atoms with Crippen molar-refractivity contribution in [1.82, 2.24) is 0 Å². The first-order valence-corrected chi connectivity index (χ1v) is 5.79. The van der Waals surface area contributed by atoms with Gasteiger partial charge in [0.1, 0.15) is 21.2 Å². The minimum Gasteiger partial charge on any atom is -0.219 e. The summed E-state index contributed by atoms with van der Waals surface area (Å²) in [6.45, 7) is 0. The van der Waals surface area contributed by atoms with Crippen molar-refractivity contribution in [2.75, 3.05) is 0 Å². The lowest BCUT2D eigenvalue weighted by Crippen LogP contribution is -2.02. The van der Waals surface area contributed by atoms with Crippen LogP contribution in [0, 0.1) is 0 Å². The molecule has 0 aromatic rings. The van der Waals surface area contributed by atoms with E-state index in [0.717, 1.165) is 21.2 Å². The summed E-state index contributed by atoms with van der Waals surface area (Å²) in [6, 6.07) is 0. The van der Waals surface area contributed by atoms with E-state index >= 15 is 0 Å². The number of hydrogen-bond acceptors (Lipinski definition) is 10. The molecule has 0 bridgehead atoms. The summed E-state index contributed by atoms with van der Waals surface area (Å²) in [4.78, 5) is 0. The Balaban J connectivity index is 3.12. The van der Waals surface area contributed by atoms with Gasteiger partial charge in [0.2, 0.25) is 0 Å². The highest BCUT2D eigenvalue weighted by atomic mass is 127. The lowest BCUT2D eigenvalue weighted by Gasteiger charge is -1.95. The zero-order valence-electron chi connectivity index (χ0n) is 4.91. The molecule has 10 nitrogen and oxygen atoms in total. The fraction of sp³-hybridized carbons (Fsp3) is 0. The third-order valence-electron chi connectivity index (χ3n) is 0.251. The van der Waals surface area contributed by atoms with Gasteiger partial charge in [-0.05, 0) is 30.2 Å². The molecule has 0 aliphatic heterocycles. The van der Waals surface area contributed by atoms with Crippen LogP contribution in [0.1, 0.15) is 0 Å². The van der Waals surface area contributed by atoms with Crippen molar-refractivity contribution in [2.24, 2.45) is 0 Å². The minimum atomic E-state index is -3.85. The normalized spacial score (nSPS) is 11.8. The zero-order chi connectivity index (χ0) is 9.45. The van der Waals surface area contributed by atoms with Crippen molar-refractivity contribution < 1.29 is 48.2 Å². The molecule has 0 aliphatic carbocycles. The molecule has 12 heavy (non-hydrogen) atoms. The lowest BCUT2D eigenvalue weighted by atomic mass is 14.1. The average molecular weight is 320 g/mol. The summed E-state index contributed by atoms with van der Waals surface area (Å²) >= 11 is 0.898. The molecule has 0 aromatic heterocycles. The molecular formula is HIO10S. The topological polar surface area (TPSA) is 119 Å². The second kappa shape index (κ2) is 6.83. The monoisotopic (exact) mass is 320 g/mol. The Hall–Kier alpha value is 0.360. The van der Waals surface area contributed by atoms with E-state index in [0.29, 0.717) is 0 Å². The second-order valence-electron chi connectivity index (χ2n) is 0.876. The highest BCUT2D eigenvalue weighted by Crippen LogP contribution is 2.03. The molecule has 0 unspecified atom stereocenters. The Kier molecular flexibility index (Phi) is 7.04. The van der Waals surface area contributed by atoms with Crippen LogP contribution >= 0.6 is 21.2 Å². The van der Waals surface area contributed by atoms with Crippen molar-refractivity contribution >= 4 is 28.5 Å². The van der Waals surface area contributed by atoms with Gasteiger partial charge >= 0.3 is 7.29 Å². The van der Waals surface area contributed by atoms with Crippen molar-refractivity contribution in [1.29, 1.82) is 0 Å². The quantitative estimate of drug-likeness (QED) is 0.221. The fourth-order valence-electron chi connectivity index (χ4n) is 0.0910. The van der Waals surface area contributed by atoms with Crippen LogP contribution in [-0.4, -0.2) is 13.7 Å². The van der Waals surface area contributed by atoms with Crippen LogP contribution < -0.4 is 0 Å². The maximum Gasteiger partial charge on any atom is 0.349 e. The van der Waals surface area contributed by atoms with Gasteiger partial charge in [-0.1, -0.05) is 4.33 Å². The van der Waals surface area contributed by atoms with E-state index in [-0.39, 0.29) is 0 Å². The Labute approximate surface area is 77.0 Å². The van der Waals surface area contributed by atoms with E-state index in [9.17, 15) is 8.42 Å². The van der Waals surface area contributed by atoms with E-state index in [2.05, 4.69) is 34.6 Å². The van der Waals surface area contributed by atoms with Gasteiger partial charge < -0.3 is 0 Å². The van der Waals surface area contributed by atoms with Crippen LogP contribution in [0.5, 0.6) is 0 Å². The average Bonchev–Trinajstić information content (AvgIpc) is 1.94. The Morgan fingerprint density at radius 1 is 1.00 bits per heavy atom. The first-order chi connectivity index (χ1) is 5.56. The van der Waals surface area contributed by atoms with Gasteiger partial charge in [0.25, 0.3) is 0 Å². The second-order valence-corrected chi connectivity index (χ2v) is 5.03. The van der Waals surface area contributed by atoms with Gasteiger partial charge in [-0.25, -0.2) is 5.26 Å².